The van der Waals surface area contributed by atoms with Gasteiger partial charge in [0.25, 0.3) is 5.91 Å². The van der Waals surface area contributed by atoms with E-state index in [-0.39, 0.29) is 12.0 Å². The Morgan fingerprint density at radius 3 is 2.45 bits per heavy atom. The molecule has 0 aromatic heterocycles. The number of likely N-dealkylation sites (tertiary alicyclic amines) is 1. The Bertz CT molecular complexity index is 516. The van der Waals surface area contributed by atoms with E-state index in [9.17, 15) is 9.59 Å². The Labute approximate surface area is 131 Å². The number of hydrogen-bond acceptors (Lipinski definition) is 3. The first-order valence-electron chi connectivity index (χ1n) is 7.66. The van der Waals surface area contributed by atoms with Crippen LogP contribution in [0.2, 0.25) is 0 Å². The molecule has 1 saturated heterocycles. The van der Waals surface area contributed by atoms with Crippen LogP contribution in [0.3, 0.4) is 0 Å². The van der Waals surface area contributed by atoms with E-state index >= 15 is 0 Å². The molecule has 1 aromatic carbocycles. The fraction of sp³-hybridized carbons (Fsp3) is 0.529. The lowest BCUT2D eigenvalue weighted by Gasteiger charge is -2.39. The van der Waals surface area contributed by atoms with Crippen LogP contribution in [0.15, 0.2) is 30.3 Å². The summed E-state index contributed by atoms with van der Waals surface area (Å²) >= 11 is 0. The summed E-state index contributed by atoms with van der Waals surface area (Å²) in [7, 11) is 0. The second kappa shape index (κ2) is 6.81. The van der Waals surface area contributed by atoms with Gasteiger partial charge in [-0.1, -0.05) is 18.2 Å². The molecule has 0 unspecified atom stereocenters. The molecular formula is C17H24N2O3. The summed E-state index contributed by atoms with van der Waals surface area (Å²) in [6.45, 7) is 7.60. The summed E-state index contributed by atoms with van der Waals surface area (Å²) in [4.78, 5) is 25.5. The molecule has 1 heterocycles. The van der Waals surface area contributed by atoms with Gasteiger partial charge in [0.2, 0.25) is 0 Å². The Hall–Kier alpha value is -2.04. The fourth-order valence-electron chi connectivity index (χ4n) is 2.37. The first-order valence-corrected chi connectivity index (χ1v) is 7.66. The normalized spacial score (nSPS) is 15.1. The zero-order valence-electron chi connectivity index (χ0n) is 13.5. The van der Waals surface area contributed by atoms with E-state index in [1.807, 2.05) is 56.0 Å². The van der Waals surface area contributed by atoms with Crippen LogP contribution < -0.4 is 5.32 Å². The van der Waals surface area contributed by atoms with Crippen molar-refractivity contribution in [2.75, 3.05) is 19.6 Å². The van der Waals surface area contributed by atoms with E-state index in [4.69, 9.17) is 4.74 Å². The highest BCUT2D eigenvalue weighted by atomic mass is 16.6. The van der Waals surface area contributed by atoms with Gasteiger partial charge in [0.05, 0.1) is 0 Å². The molecule has 0 atom stereocenters. The van der Waals surface area contributed by atoms with Crippen LogP contribution in [0.25, 0.3) is 0 Å². The Kier molecular flexibility index (Phi) is 5.06. The van der Waals surface area contributed by atoms with Gasteiger partial charge in [-0.25, -0.2) is 4.79 Å². The number of carbonyl (C=O) groups excluding carboxylic acids is 2. The average Bonchev–Trinajstić information content (AvgIpc) is 2.39. The van der Waals surface area contributed by atoms with Crippen molar-refractivity contribution in [2.24, 2.45) is 5.92 Å². The summed E-state index contributed by atoms with van der Waals surface area (Å²) in [5, 5.41) is 2.75. The number of carbonyl (C=O) groups is 2. The highest BCUT2D eigenvalue weighted by molar-refractivity contribution is 5.94. The number of nitrogens with one attached hydrogen (secondary N) is 1. The number of nitrogens with zero attached hydrogens (tertiary/aromatic N) is 1. The third kappa shape index (κ3) is 4.76. The predicted octanol–water partition coefficient (Wildman–Crippen LogP) is 2.67. The van der Waals surface area contributed by atoms with Crippen LogP contribution in [-0.4, -0.2) is 42.1 Å². The van der Waals surface area contributed by atoms with Crippen LogP contribution >= 0.6 is 0 Å². The number of hydrogen-bond donors (Lipinski definition) is 1. The van der Waals surface area contributed by atoms with E-state index in [0.717, 1.165) is 25.1 Å². The van der Waals surface area contributed by atoms with E-state index in [1.54, 1.807) is 0 Å². The van der Waals surface area contributed by atoms with Crippen molar-refractivity contribution in [3.8, 4) is 0 Å². The predicted molar refractivity (Wildman–Crippen MR) is 84.7 cm³/mol. The van der Waals surface area contributed by atoms with Gasteiger partial charge in [0, 0.05) is 25.2 Å². The molecule has 1 aromatic rings. The molecule has 0 radical (unpaired) electrons. The van der Waals surface area contributed by atoms with Gasteiger partial charge >= 0.3 is 6.09 Å². The molecule has 5 nitrogen and oxygen atoms in total. The van der Waals surface area contributed by atoms with Crippen molar-refractivity contribution in [1.82, 2.24) is 10.2 Å². The molecule has 0 aliphatic carbocycles. The molecular weight excluding hydrogens is 280 g/mol. The van der Waals surface area contributed by atoms with Crippen molar-refractivity contribution in [2.45, 2.75) is 32.8 Å². The van der Waals surface area contributed by atoms with Crippen LogP contribution in [0.1, 0.15) is 37.6 Å². The molecule has 0 spiro atoms. The Balaban J connectivity index is 1.64. The quantitative estimate of drug-likeness (QED) is 0.930. The van der Waals surface area contributed by atoms with Gasteiger partial charge < -0.3 is 15.0 Å². The van der Waals surface area contributed by atoms with E-state index in [2.05, 4.69) is 5.32 Å². The summed E-state index contributed by atoms with van der Waals surface area (Å²) in [5.41, 5.74) is 0.257. The molecule has 5 heteroatoms. The lowest BCUT2D eigenvalue weighted by Crippen LogP contribution is -2.50. The topological polar surface area (TPSA) is 58.6 Å². The van der Waals surface area contributed by atoms with E-state index < -0.39 is 5.60 Å². The molecule has 120 valence electrons. The number of benzene rings is 1. The number of ether oxygens (including phenoxy) is 1. The van der Waals surface area contributed by atoms with Gasteiger partial charge in [-0.15, -0.1) is 0 Å². The molecule has 1 N–H and O–H groups in total. The van der Waals surface area contributed by atoms with Gasteiger partial charge in [-0.3, -0.25) is 4.79 Å². The number of amides is 2. The van der Waals surface area contributed by atoms with Gasteiger partial charge in [0.1, 0.15) is 5.60 Å². The zero-order chi connectivity index (χ0) is 16.2. The lowest BCUT2D eigenvalue weighted by molar-refractivity contribution is 0.0443. The third-order valence-corrected chi connectivity index (χ3v) is 3.49. The minimum Gasteiger partial charge on any atom is -0.444 e. The molecule has 0 bridgehead atoms. The molecule has 22 heavy (non-hydrogen) atoms. The van der Waals surface area contributed by atoms with Gasteiger partial charge in [-0.2, -0.15) is 0 Å². The fourth-order valence-corrected chi connectivity index (χ4v) is 2.37. The van der Waals surface area contributed by atoms with E-state index in [0.29, 0.717) is 12.5 Å². The average molecular weight is 304 g/mol. The van der Waals surface area contributed by atoms with Gasteiger partial charge in [-0.05, 0) is 45.2 Å². The summed E-state index contributed by atoms with van der Waals surface area (Å²) < 4.78 is 5.17. The van der Waals surface area contributed by atoms with Gasteiger partial charge in [0.15, 0.2) is 0 Å². The standard InChI is InChI=1S/C17H24N2O3/c1-17(2,3)22-16(21)18-10-9-13-11-19(12-13)15(20)14-7-5-4-6-8-14/h4-8,13H,9-12H2,1-3H3,(H,18,21). The number of rotatable bonds is 4. The van der Waals surface area contributed by atoms with Crippen LogP contribution in [0, 0.1) is 5.92 Å². The minimum atomic E-state index is -0.473. The van der Waals surface area contributed by atoms with Crippen LogP contribution in [0.5, 0.6) is 0 Å². The van der Waals surface area contributed by atoms with Crippen molar-refractivity contribution < 1.29 is 14.3 Å². The molecule has 1 aliphatic heterocycles. The largest absolute Gasteiger partial charge is 0.444 e. The molecule has 0 saturated carbocycles. The van der Waals surface area contributed by atoms with Crippen molar-refractivity contribution >= 4 is 12.0 Å². The first-order chi connectivity index (χ1) is 10.3. The lowest BCUT2D eigenvalue weighted by atomic mass is 9.95. The highest BCUT2D eigenvalue weighted by Gasteiger charge is 2.30. The van der Waals surface area contributed by atoms with Crippen molar-refractivity contribution in [3.63, 3.8) is 0 Å². The summed E-state index contributed by atoms with van der Waals surface area (Å²) in [6, 6.07) is 9.31. The molecule has 1 aliphatic rings. The van der Waals surface area contributed by atoms with Crippen LogP contribution in [-0.2, 0) is 4.74 Å². The second-order valence-corrected chi connectivity index (χ2v) is 6.66. The van der Waals surface area contributed by atoms with Crippen molar-refractivity contribution in [1.29, 1.82) is 0 Å². The smallest absolute Gasteiger partial charge is 0.407 e. The first kappa shape index (κ1) is 16.3. The molecule has 2 rings (SSSR count). The highest BCUT2D eigenvalue weighted by Crippen LogP contribution is 2.21. The maximum absolute atomic E-state index is 12.1. The SMILES string of the molecule is CC(C)(C)OC(=O)NCCC1CN(C(=O)c2ccccc2)C1. The third-order valence-electron chi connectivity index (χ3n) is 3.49. The summed E-state index contributed by atoms with van der Waals surface area (Å²) in [6.07, 6.45) is 0.474. The molecule has 1 fully saturated rings. The van der Waals surface area contributed by atoms with Crippen molar-refractivity contribution in [3.05, 3.63) is 35.9 Å². The maximum Gasteiger partial charge on any atom is 0.407 e. The van der Waals surface area contributed by atoms with E-state index in [1.165, 1.54) is 0 Å². The Morgan fingerprint density at radius 1 is 1.23 bits per heavy atom. The van der Waals surface area contributed by atoms with Crippen LogP contribution in [0.4, 0.5) is 4.79 Å². The molecule has 2 amide bonds. The number of alkyl carbamates (subject to hydrolysis) is 1. The maximum atomic E-state index is 12.1. The zero-order valence-corrected chi connectivity index (χ0v) is 13.5. The summed E-state index contributed by atoms with van der Waals surface area (Å²) in [5.74, 6) is 0.527. The second-order valence-electron chi connectivity index (χ2n) is 6.66. The minimum absolute atomic E-state index is 0.0805. The monoisotopic (exact) mass is 304 g/mol. The Morgan fingerprint density at radius 2 is 1.86 bits per heavy atom.